The molecule has 0 bridgehead atoms. The summed E-state index contributed by atoms with van der Waals surface area (Å²) in [4.78, 5) is 0. The van der Waals surface area contributed by atoms with Gasteiger partial charge in [-0.15, -0.1) is 0 Å². The molecule has 0 aliphatic rings. The first-order valence-corrected chi connectivity index (χ1v) is 7.45. The van der Waals surface area contributed by atoms with Gasteiger partial charge in [-0.3, -0.25) is 0 Å². The molecular formula is C20H14N4. The first-order chi connectivity index (χ1) is 11.7. The van der Waals surface area contributed by atoms with Crippen LogP contribution in [-0.2, 0) is 0 Å². The molecular weight excluding hydrogens is 296 g/mol. The van der Waals surface area contributed by atoms with Gasteiger partial charge in [-0.25, -0.2) is 4.68 Å². The fourth-order valence-electron chi connectivity index (χ4n) is 2.47. The van der Waals surface area contributed by atoms with Gasteiger partial charge in [-0.1, -0.05) is 42.0 Å². The molecule has 0 saturated carbocycles. The summed E-state index contributed by atoms with van der Waals surface area (Å²) in [5.74, 6) is 0. The molecule has 4 heteroatoms. The molecule has 0 atom stereocenters. The Morgan fingerprint density at radius 2 is 1.79 bits per heavy atom. The zero-order valence-electron chi connectivity index (χ0n) is 13.1. The van der Waals surface area contributed by atoms with Crippen LogP contribution in [0.1, 0.15) is 11.1 Å². The van der Waals surface area contributed by atoms with Crippen LogP contribution in [0, 0.1) is 29.6 Å². The van der Waals surface area contributed by atoms with Crippen LogP contribution >= 0.6 is 0 Å². The molecule has 0 aliphatic carbocycles. The number of allylic oxidation sites excluding steroid dienone is 1. The SMILES string of the molecule is Cc1cccc(-c2nn(-c3ccccc3)cc2C=C(C#N)C#N)c1. The highest BCUT2D eigenvalue weighted by atomic mass is 15.3. The van der Waals surface area contributed by atoms with Gasteiger partial charge in [0, 0.05) is 17.3 Å². The molecule has 24 heavy (non-hydrogen) atoms. The Kier molecular flexibility index (Phi) is 4.23. The number of rotatable bonds is 3. The summed E-state index contributed by atoms with van der Waals surface area (Å²) in [6.45, 7) is 2.02. The van der Waals surface area contributed by atoms with E-state index in [1.54, 1.807) is 10.8 Å². The predicted octanol–water partition coefficient (Wildman–Crippen LogP) is 4.28. The van der Waals surface area contributed by atoms with E-state index >= 15 is 0 Å². The van der Waals surface area contributed by atoms with Gasteiger partial charge in [-0.2, -0.15) is 15.6 Å². The zero-order valence-corrected chi connectivity index (χ0v) is 13.1. The first-order valence-electron chi connectivity index (χ1n) is 7.45. The van der Waals surface area contributed by atoms with Crippen molar-refractivity contribution in [2.75, 3.05) is 0 Å². The summed E-state index contributed by atoms with van der Waals surface area (Å²) >= 11 is 0. The number of nitrogens with zero attached hydrogens (tertiary/aromatic N) is 4. The fourth-order valence-corrected chi connectivity index (χ4v) is 2.47. The molecule has 4 nitrogen and oxygen atoms in total. The summed E-state index contributed by atoms with van der Waals surface area (Å²) in [5.41, 5.74) is 4.52. The Labute approximate surface area is 140 Å². The van der Waals surface area contributed by atoms with Crippen molar-refractivity contribution >= 4 is 6.08 Å². The van der Waals surface area contributed by atoms with Crippen LogP contribution < -0.4 is 0 Å². The third-order valence-electron chi connectivity index (χ3n) is 3.60. The molecule has 3 rings (SSSR count). The lowest BCUT2D eigenvalue weighted by Crippen LogP contribution is -1.94. The van der Waals surface area contributed by atoms with Gasteiger partial charge in [0.25, 0.3) is 0 Å². The maximum atomic E-state index is 9.05. The van der Waals surface area contributed by atoms with Crippen LogP contribution in [0.5, 0.6) is 0 Å². The molecule has 0 fully saturated rings. The molecule has 1 aromatic heterocycles. The number of para-hydroxylation sites is 1. The predicted molar refractivity (Wildman–Crippen MR) is 92.9 cm³/mol. The van der Waals surface area contributed by atoms with E-state index < -0.39 is 0 Å². The zero-order chi connectivity index (χ0) is 16.9. The van der Waals surface area contributed by atoms with Crippen molar-refractivity contribution in [3.8, 4) is 29.1 Å². The number of aromatic nitrogens is 2. The summed E-state index contributed by atoms with van der Waals surface area (Å²) < 4.78 is 1.76. The third-order valence-corrected chi connectivity index (χ3v) is 3.60. The van der Waals surface area contributed by atoms with Crippen molar-refractivity contribution in [3.63, 3.8) is 0 Å². The van der Waals surface area contributed by atoms with Crippen LogP contribution in [0.4, 0.5) is 0 Å². The van der Waals surface area contributed by atoms with Gasteiger partial charge in [0.05, 0.1) is 5.69 Å². The Balaban J connectivity index is 2.19. The Morgan fingerprint density at radius 1 is 1.04 bits per heavy atom. The van der Waals surface area contributed by atoms with Gasteiger partial charge >= 0.3 is 0 Å². The van der Waals surface area contributed by atoms with E-state index in [9.17, 15) is 0 Å². The number of nitriles is 2. The summed E-state index contributed by atoms with van der Waals surface area (Å²) in [7, 11) is 0. The van der Waals surface area contributed by atoms with Crippen LogP contribution in [0.3, 0.4) is 0 Å². The van der Waals surface area contributed by atoms with Crippen molar-refractivity contribution < 1.29 is 0 Å². The molecule has 0 saturated heterocycles. The van der Waals surface area contributed by atoms with Gasteiger partial charge in [0.2, 0.25) is 0 Å². The molecule has 2 aromatic carbocycles. The fraction of sp³-hybridized carbons (Fsp3) is 0.0500. The summed E-state index contributed by atoms with van der Waals surface area (Å²) in [5, 5.41) is 22.8. The normalized spacial score (nSPS) is 9.79. The number of hydrogen-bond acceptors (Lipinski definition) is 3. The maximum Gasteiger partial charge on any atom is 0.130 e. The summed E-state index contributed by atoms with van der Waals surface area (Å²) in [6, 6.07) is 21.5. The van der Waals surface area contributed by atoms with Gasteiger partial charge in [0.1, 0.15) is 23.4 Å². The molecule has 1 heterocycles. The molecule has 114 valence electrons. The van der Waals surface area contributed by atoms with Crippen molar-refractivity contribution in [2.45, 2.75) is 6.92 Å². The highest BCUT2D eigenvalue weighted by molar-refractivity contribution is 5.75. The lowest BCUT2D eigenvalue weighted by molar-refractivity contribution is 0.884. The second-order valence-corrected chi connectivity index (χ2v) is 5.36. The quantitative estimate of drug-likeness (QED) is 0.678. The van der Waals surface area contributed by atoms with E-state index in [4.69, 9.17) is 10.5 Å². The van der Waals surface area contributed by atoms with E-state index in [2.05, 4.69) is 5.10 Å². The topological polar surface area (TPSA) is 65.4 Å². The van der Waals surface area contributed by atoms with Crippen LogP contribution in [0.2, 0.25) is 0 Å². The van der Waals surface area contributed by atoms with Crippen LogP contribution in [0.25, 0.3) is 23.0 Å². The van der Waals surface area contributed by atoms with Crippen molar-refractivity contribution in [1.29, 1.82) is 10.5 Å². The van der Waals surface area contributed by atoms with Crippen molar-refractivity contribution in [2.24, 2.45) is 0 Å². The van der Waals surface area contributed by atoms with Crippen LogP contribution in [0.15, 0.2) is 66.4 Å². The molecule has 0 amide bonds. The summed E-state index contributed by atoms with van der Waals surface area (Å²) in [6.07, 6.45) is 3.41. The average molecular weight is 310 g/mol. The van der Waals surface area contributed by atoms with Crippen LogP contribution in [-0.4, -0.2) is 9.78 Å². The van der Waals surface area contributed by atoms with Gasteiger partial charge in [-0.05, 0) is 31.2 Å². The molecule has 0 unspecified atom stereocenters. The first kappa shape index (κ1) is 15.3. The lowest BCUT2D eigenvalue weighted by Gasteiger charge is -2.01. The maximum absolute atomic E-state index is 9.05. The molecule has 3 aromatic rings. The Morgan fingerprint density at radius 3 is 2.46 bits per heavy atom. The minimum atomic E-state index is 0.0523. The largest absolute Gasteiger partial charge is 0.240 e. The van der Waals surface area contributed by atoms with E-state index in [1.807, 2.05) is 79.9 Å². The standard InChI is InChI=1S/C20H14N4/c1-15-6-5-7-17(10-15)20-18(11-16(12-21)13-22)14-24(23-20)19-8-3-2-4-9-19/h2-11,14H,1H3. The second-order valence-electron chi connectivity index (χ2n) is 5.36. The number of aryl methyl sites for hydroxylation is 1. The third kappa shape index (κ3) is 3.09. The monoisotopic (exact) mass is 310 g/mol. The average Bonchev–Trinajstić information content (AvgIpc) is 3.04. The minimum absolute atomic E-state index is 0.0523. The highest BCUT2D eigenvalue weighted by Gasteiger charge is 2.12. The minimum Gasteiger partial charge on any atom is -0.240 e. The van der Waals surface area contributed by atoms with E-state index in [0.717, 1.165) is 28.1 Å². The van der Waals surface area contributed by atoms with E-state index in [1.165, 1.54) is 0 Å². The Bertz CT molecular complexity index is 966. The van der Waals surface area contributed by atoms with Crippen molar-refractivity contribution in [1.82, 2.24) is 9.78 Å². The molecule has 0 spiro atoms. The number of benzene rings is 2. The van der Waals surface area contributed by atoms with Gasteiger partial charge in [0.15, 0.2) is 0 Å². The van der Waals surface area contributed by atoms with Crippen molar-refractivity contribution in [3.05, 3.63) is 77.5 Å². The smallest absolute Gasteiger partial charge is 0.130 e. The number of hydrogen-bond donors (Lipinski definition) is 0. The molecule has 0 N–H and O–H groups in total. The van der Waals surface area contributed by atoms with E-state index in [0.29, 0.717) is 0 Å². The van der Waals surface area contributed by atoms with Gasteiger partial charge < -0.3 is 0 Å². The second kappa shape index (κ2) is 6.64. The highest BCUT2D eigenvalue weighted by Crippen LogP contribution is 2.26. The lowest BCUT2D eigenvalue weighted by atomic mass is 10.0. The molecule has 0 aliphatic heterocycles. The van der Waals surface area contributed by atoms with E-state index in [-0.39, 0.29) is 5.57 Å². The Hall–Kier alpha value is -3.63. The molecule has 0 radical (unpaired) electrons.